The van der Waals surface area contributed by atoms with Crippen LogP contribution in [-0.4, -0.2) is 36.5 Å². The predicted molar refractivity (Wildman–Crippen MR) is 106 cm³/mol. The zero-order valence-corrected chi connectivity index (χ0v) is 15.9. The minimum Gasteiger partial charge on any atom is -0.308 e. The summed E-state index contributed by atoms with van der Waals surface area (Å²) in [5, 5.41) is 0. The number of halogens is 1. The number of fused-ring (bicyclic) bond motifs is 1. The fourth-order valence-corrected chi connectivity index (χ4v) is 4.52. The van der Waals surface area contributed by atoms with Crippen LogP contribution in [0.3, 0.4) is 0 Å². The summed E-state index contributed by atoms with van der Waals surface area (Å²) in [6.45, 7) is 4.55. The first-order valence-corrected chi connectivity index (χ1v) is 9.97. The van der Waals surface area contributed by atoms with Crippen LogP contribution in [-0.2, 0) is 17.6 Å². The van der Waals surface area contributed by atoms with E-state index in [4.69, 9.17) is 0 Å². The van der Waals surface area contributed by atoms with E-state index in [9.17, 15) is 9.18 Å². The molecular formula is C23H27FN2O. The van der Waals surface area contributed by atoms with Gasteiger partial charge in [-0.15, -0.1) is 0 Å². The summed E-state index contributed by atoms with van der Waals surface area (Å²) in [4.78, 5) is 17.2. The van der Waals surface area contributed by atoms with Gasteiger partial charge in [0.25, 0.3) is 0 Å². The molecule has 1 saturated heterocycles. The van der Waals surface area contributed by atoms with Crippen LogP contribution in [0.2, 0.25) is 0 Å². The summed E-state index contributed by atoms with van der Waals surface area (Å²) in [5.74, 6) is 0.655. The van der Waals surface area contributed by atoms with E-state index in [2.05, 4.69) is 24.0 Å². The summed E-state index contributed by atoms with van der Waals surface area (Å²) in [6, 6.07) is 15.3. The summed E-state index contributed by atoms with van der Waals surface area (Å²) in [7, 11) is 0. The van der Waals surface area contributed by atoms with Gasteiger partial charge < -0.3 is 4.90 Å². The number of piperidine rings is 1. The molecule has 0 spiro atoms. The minimum absolute atomic E-state index is 0.176. The highest BCUT2D eigenvalue weighted by molar-refractivity contribution is 5.97. The smallest absolute Gasteiger partial charge is 0.241 e. The molecule has 1 atom stereocenters. The molecule has 1 fully saturated rings. The van der Waals surface area contributed by atoms with Crippen molar-refractivity contribution in [3.05, 3.63) is 65.5 Å². The van der Waals surface area contributed by atoms with Crippen molar-refractivity contribution in [2.75, 3.05) is 24.5 Å². The van der Waals surface area contributed by atoms with E-state index in [1.54, 1.807) is 0 Å². The van der Waals surface area contributed by atoms with Gasteiger partial charge in [-0.05, 0) is 80.9 Å². The van der Waals surface area contributed by atoms with Crippen molar-refractivity contribution in [2.45, 2.75) is 38.6 Å². The molecule has 0 aliphatic carbocycles. The number of carbonyl (C=O) groups is 1. The molecular weight excluding hydrogens is 339 g/mol. The minimum atomic E-state index is -0.176. The summed E-state index contributed by atoms with van der Waals surface area (Å²) >= 11 is 0. The largest absolute Gasteiger partial charge is 0.308 e. The maximum atomic E-state index is 13.0. The molecule has 2 aliphatic rings. The second-order valence-corrected chi connectivity index (χ2v) is 8.00. The molecule has 1 amide bonds. The van der Waals surface area contributed by atoms with Gasteiger partial charge in [0.15, 0.2) is 0 Å². The Labute approximate surface area is 160 Å². The number of hydrogen-bond donors (Lipinski definition) is 0. The fourth-order valence-electron chi connectivity index (χ4n) is 4.52. The molecule has 2 aromatic rings. The third kappa shape index (κ3) is 4.06. The standard InChI is InChI=1S/C23H27FN2O/c1-17-14-20-4-2-3-5-22(20)26(17)23(27)16-25-12-10-19(11-13-25)15-18-6-8-21(24)9-7-18/h2-9,17,19H,10-16H2,1H3. The van der Waals surface area contributed by atoms with Crippen LogP contribution in [0.1, 0.15) is 30.9 Å². The summed E-state index contributed by atoms with van der Waals surface area (Å²) < 4.78 is 13.0. The normalized spacial score (nSPS) is 20.7. The Morgan fingerprint density at radius 1 is 1.07 bits per heavy atom. The monoisotopic (exact) mass is 366 g/mol. The van der Waals surface area contributed by atoms with Gasteiger partial charge in [-0.25, -0.2) is 4.39 Å². The zero-order valence-electron chi connectivity index (χ0n) is 15.9. The van der Waals surface area contributed by atoms with Crippen LogP contribution in [0, 0.1) is 11.7 Å². The van der Waals surface area contributed by atoms with Crippen molar-refractivity contribution in [3.63, 3.8) is 0 Å². The van der Waals surface area contributed by atoms with Crippen LogP contribution in [0.5, 0.6) is 0 Å². The van der Waals surface area contributed by atoms with Gasteiger partial charge in [0.2, 0.25) is 5.91 Å². The van der Waals surface area contributed by atoms with E-state index in [0.717, 1.165) is 44.5 Å². The molecule has 0 N–H and O–H groups in total. The Morgan fingerprint density at radius 2 is 1.78 bits per heavy atom. The van der Waals surface area contributed by atoms with Crippen molar-refractivity contribution in [3.8, 4) is 0 Å². The zero-order chi connectivity index (χ0) is 18.8. The van der Waals surface area contributed by atoms with Gasteiger partial charge in [0, 0.05) is 11.7 Å². The molecule has 1 unspecified atom stereocenters. The Kier molecular flexibility index (Phi) is 5.26. The fraction of sp³-hybridized carbons (Fsp3) is 0.435. The summed E-state index contributed by atoms with van der Waals surface area (Å²) in [6.07, 6.45) is 4.13. The maximum absolute atomic E-state index is 13.0. The quantitative estimate of drug-likeness (QED) is 0.815. The number of likely N-dealkylation sites (tertiary alicyclic amines) is 1. The number of benzene rings is 2. The number of para-hydroxylation sites is 1. The van der Waals surface area contributed by atoms with Crippen molar-refractivity contribution < 1.29 is 9.18 Å². The molecule has 4 rings (SSSR count). The van der Waals surface area contributed by atoms with Crippen LogP contribution < -0.4 is 4.90 Å². The lowest BCUT2D eigenvalue weighted by Gasteiger charge is -2.33. The van der Waals surface area contributed by atoms with E-state index in [-0.39, 0.29) is 17.8 Å². The van der Waals surface area contributed by atoms with E-state index in [1.807, 2.05) is 29.2 Å². The lowest BCUT2D eigenvalue weighted by Crippen LogP contribution is -2.45. The van der Waals surface area contributed by atoms with E-state index < -0.39 is 0 Å². The molecule has 27 heavy (non-hydrogen) atoms. The van der Waals surface area contributed by atoms with E-state index in [0.29, 0.717) is 12.5 Å². The Balaban J connectivity index is 1.30. The van der Waals surface area contributed by atoms with Crippen LogP contribution in [0.4, 0.5) is 10.1 Å². The highest BCUT2D eigenvalue weighted by Gasteiger charge is 2.32. The molecule has 0 bridgehead atoms. The molecule has 0 saturated carbocycles. The van der Waals surface area contributed by atoms with Crippen LogP contribution >= 0.6 is 0 Å². The maximum Gasteiger partial charge on any atom is 0.241 e. The molecule has 2 aromatic carbocycles. The Hall–Kier alpha value is -2.20. The first-order chi connectivity index (χ1) is 13.1. The second-order valence-electron chi connectivity index (χ2n) is 8.00. The third-order valence-corrected chi connectivity index (χ3v) is 5.98. The molecule has 0 aromatic heterocycles. The first kappa shape index (κ1) is 18.2. The highest BCUT2D eigenvalue weighted by atomic mass is 19.1. The Morgan fingerprint density at radius 3 is 2.52 bits per heavy atom. The van der Waals surface area contributed by atoms with E-state index >= 15 is 0 Å². The van der Waals surface area contributed by atoms with Crippen molar-refractivity contribution in [1.29, 1.82) is 0 Å². The number of anilines is 1. The van der Waals surface area contributed by atoms with Gasteiger partial charge in [0.1, 0.15) is 5.82 Å². The van der Waals surface area contributed by atoms with Crippen molar-refractivity contribution >= 4 is 11.6 Å². The first-order valence-electron chi connectivity index (χ1n) is 9.97. The van der Waals surface area contributed by atoms with Gasteiger partial charge in [0.05, 0.1) is 6.54 Å². The van der Waals surface area contributed by atoms with Crippen LogP contribution in [0.25, 0.3) is 0 Å². The molecule has 4 heteroatoms. The number of rotatable bonds is 4. The number of amides is 1. The second kappa shape index (κ2) is 7.81. The lowest BCUT2D eigenvalue weighted by atomic mass is 9.90. The molecule has 2 aliphatic heterocycles. The third-order valence-electron chi connectivity index (χ3n) is 5.98. The van der Waals surface area contributed by atoms with Crippen LogP contribution in [0.15, 0.2) is 48.5 Å². The SMILES string of the molecule is CC1Cc2ccccc2N1C(=O)CN1CCC(Cc2ccc(F)cc2)CC1. The number of hydrogen-bond acceptors (Lipinski definition) is 2. The molecule has 3 nitrogen and oxygen atoms in total. The van der Waals surface area contributed by atoms with Gasteiger partial charge >= 0.3 is 0 Å². The topological polar surface area (TPSA) is 23.6 Å². The number of nitrogens with zero attached hydrogens (tertiary/aromatic N) is 2. The molecule has 2 heterocycles. The molecule has 0 radical (unpaired) electrons. The van der Waals surface area contributed by atoms with Gasteiger partial charge in [-0.1, -0.05) is 30.3 Å². The van der Waals surface area contributed by atoms with Gasteiger partial charge in [-0.2, -0.15) is 0 Å². The number of carbonyl (C=O) groups excluding carboxylic acids is 1. The lowest BCUT2D eigenvalue weighted by molar-refractivity contribution is -0.120. The predicted octanol–water partition coefficient (Wildman–Crippen LogP) is 4.06. The Bertz CT molecular complexity index is 796. The van der Waals surface area contributed by atoms with E-state index in [1.165, 1.54) is 23.3 Å². The summed E-state index contributed by atoms with van der Waals surface area (Å²) in [5.41, 5.74) is 3.56. The van der Waals surface area contributed by atoms with Crippen molar-refractivity contribution in [1.82, 2.24) is 4.90 Å². The average Bonchev–Trinajstić information content (AvgIpc) is 3.01. The average molecular weight is 366 g/mol. The molecule has 142 valence electrons. The highest BCUT2D eigenvalue weighted by Crippen LogP contribution is 2.32. The van der Waals surface area contributed by atoms with Gasteiger partial charge in [-0.3, -0.25) is 9.69 Å². The van der Waals surface area contributed by atoms with Crippen molar-refractivity contribution in [2.24, 2.45) is 5.92 Å².